The fourth-order valence-corrected chi connectivity index (χ4v) is 1.97. The molecule has 1 aromatic rings. The summed E-state index contributed by atoms with van der Waals surface area (Å²) in [6.07, 6.45) is 0.174. The van der Waals surface area contributed by atoms with Crippen LogP contribution in [0.3, 0.4) is 0 Å². The number of benzene rings is 1. The van der Waals surface area contributed by atoms with E-state index in [1.54, 1.807) is 19.9 Å². The molecule has 15 heavy (non-hydrogen) atoms. The lowest BCUT2D eigenvalue weighted by Gasteiger charge is -2.10. The Morgan fingerprint density at radius 1 is 1.53 bits per heavy atom. The molecule has 0 saturated heterocycles. The van der Waals surface area contributed by atoms with Gasteiger partial charge < -0.3 is 5.73 Å². The molecule has 4 heteroatoms. The lowest BCUT2D eigenvalue weighted by Crippen LogP contribution is -2.12. The number of ketones is 1. The van der Waals surface area contributed by atoms with Crippen LogP contribution in [0.15, 0.2) is 10.5 Å². The first-order valence-corrected chi connectivity index (χ1v) is 5.46. The first-order valence-electron chi connectivity index (χ1n) is 4.67. The molecular weight excluding hydrogens is 261 g/mol. The van der Waals surface area contributed by atoms with Crippen LogP contribution in [0.5, 0.6) is 0 Å². The Morgan fingerprint density at radius 3 is 2.67 bits per heavy atom. The predicted octanol–water partition coefficient (Wildman–Crippen LogP) is 2.74. The van der Waals surface area contributed by atoms with Crippen molar-refractivity contribution in [2.75, 3.05) is 6.54 Å². The smallest absolute Gasteiger partial charge is 0.167 e. The normalized spacial score (nSPS) is 10.5. The molecule has 0 aliphatic heterocycles. The molecule has 0 unspecified atom stereocenters. The molecule has 0 aromatic heterocycles. The van der Waals surface area contributed by atoms with Gasteiger partial charge in [0.15, 0.2) is 5.78 Å². The molecule has 0 saturated carbocycles. The summed E-state index contributed by atoms with van der Waals surface area (Å²) in [7, 11) is 0. The van der Waals surface area contributed by atoms with Crippen LogP contribution in [0.25, 0.3) is 0 Å². The van der Waals surface area contributed by atoms with Crippen LogP contribution >= 0.6 is 15.9 Å². The highest BCUT2D eigenvalue weighted by molar-refractivity contribution is 9.10. The Labute approximate surface area is 96.8 Å². The van der Waals surface area contributed by atoms with Gasteiger partial charge in [0.05, 0.1) is 5.56 Å². The van der Waals surface area contributed by atoms with Crippen molar-refractivity contribution in [2.24, 2.45) is 5.73 Å². The minimum Gasteiger partial charge on any atom is -0.330 e. The number of nitrogens with two attached hydrogens (primary N) is 1. The standard InChI is InChI=1S/C11H13BrFNO/c1-6-5-8(12)7(2)10(11(6)13)9(15)3-4-14/h5H,3-4,14H2,1-2H3. The van der Waals surface area contributed by atoms with Gasteiger partial charge in [-0.15, -0.1) is 0 Å². The van der Waals surface area contributed by atoms with Crippen LogP contribution in [0, 0.1) is 19.7 Å². The second-order valence-electron chi connectivity index (χ2n) is 3.45. The van der Waals surface area contributed by atoms with Gasteiger partial charge in [-0.2, -0.15) is 0 Å². The summed E-state index contributed by atoms with van der Waals surface area (Å²) in [4.78, 5) is 11.6. The summed E-state index contributed by atoms with van der Waals surface area (Å²) < 4.78 is 14.5. The van der Waals surface area contributed by atoms with Gasteiger partial charge in [-0.25, -0.2) is 4.39 Å². The number of Topliss-reactive ketones (excluding diaryl/α,β-unsaturated/α-hetero) is 1. The van der Waals surface area contributed by atoms with E-state index >= 15 is 0 Å². The third-order valence-electron chi connectivity index (χ3n) is 2.29. The Hall–Kier alpha value is -0.740. The van der Waals surface area contributed by atoms with E-state index in [9.17, 15) is 9.18 Å². The Bertz CT molecular complexity index is 378. The molecule has 2 nitrogen and oxygen atoms in total. The van der Waals surface area contributed by atoms with Crippen LogP contribution in [0.4, 0.5) is 4.39 Å². The minimum absolute atomic E-state index is 0.160. The predicted molar refractivity (Wildman–Crippen MR) is 61.6 cm³/mol. The van der Waals surface area contributed by atoms with E-state index in [0.29, 0.717) is 11.1 Å². The molecule has 0 radical (unpaired) electrons. The van der Waals surface area contributed by atoms with Crippen LogP contribution < -0.4 is 5.73 Å². The molecule has 1 rings (SSSR count). The van der Waals surface area contributed by atoms with Gasteiger partial charge in [-0.05, 0) is 37.6 Å². The third kappa shape index (κ3) is 2.44. The summed E-state index contributed by atoms with van der Waals surface area (Å²) in [6, 6.07) is 1.67. The van der Waals surface area contributed by atoms with Gasteiger partial charge in [0.1, 0.15) is 5.82 Å². The lowest BCUT2D eigenvalue weighted by molar-refractivity contribution is 0.0980. The second kappa shape index (κ2) is 4.86. The average molecular weight is 274 g/mol. The van der Waals surface area contributed by atoms with E-state index in [4.69, 9.17) is 5.73 Å². The summed E-state index contributed by atoms with van der Waals surface area (Å²) in [5, 5.41) is 0. The van der Waals surface area contributed by atoms with Crippen LogP contribution in [0.2, 0.25) is 0 Å². The number of halogens is 2. The monoisotopic (exact) mass is 273 g/mol. The first kappa shape index (κ1) is 12.3. The van der Waals surface area contributed by atoms with Crippen LogP contribution in [0.1, 0.15) is 27.9 Å². The van der Waals surface area contributed by atoms with E-state index in [1.165, 1.54) is 0 Å². The Morgan fingerprint density at radius 2 is 2.13 bits per heavy atom. The van der Waals surface area contributed by atoms with Crippen LogP contribution in [-0.4, -0.2) is 12.3 Å². The fraction of sp³-hybridized carbons (Fsp3) is 0.364. The van der Waals surface area contributed by atoms with E-state index in [-0.39, 0.29) is 24.3 Å². The van der Waals surface area contributed by atoms with E-state index in [0.717, 1.165) is 4.47 Å². The molecule has 0 heterocycles. The van der Waals surface area contributed by atoms with Crippen molar-refractivity contribution < 1.29 is 9.18 Å². The van der Waals surface area contributed by atoms with E-state index in [2.05, 4.69) is 15.9 Å². The van der Waals surface area contributed by atoms with Crippen molar-refractivity contribution in [3.63, 3.8) is 0 Å². The minimum atomic E-state index is -0.436. The SMILES string of the molecule is Cc1cc(Br)c(C)c(C(=O)CCN)c1F. The number of hydrogen-bond donors (Lipinski definition) is 1. The van der Waals surface area contributed by atoms with Crippen molar-refractivity contribution in [3.8, 4) is 0 Å². The van der Waals surface area contributed by atoms with Crippen molar-refractivity contribution in [1.29, 1.82) is 0 Å². The number of aryl methyl sites for hydroxylation is 1. The maximum atomic E-state index is 13.7. The lowest BCUT2D eigenvalue weighted by atomic mass is 9.99. The molecule has 2 N–H and O–H groups in total. The Kier molecular flexibility index (Phi) is 3.99. The van der Waals surface area contributed by atoms with Crippen LogP contribution in [-0.2, 0) is 0 Å². The summed E-state index contributed by atoms with van der Waals surface area (Å²) in [5.74, 6) is -0.675. The molecule has 0 spiro atoms. The number of hydrogen-bond acceptors (Lipinski definition) is 2. The molecule has 0 amide bonds. The van der Waals surface area contributed by atoms with Gasteiger partial charge in [0, 0.05) is 10.9 Å². The molecule has 0 fully saturated rings. The van der Waals surface area contributed by atoms with E-state index < -0.39 is 5.82 Å². The number of rotatable bonds is 3. The zero-order valence-corrected chi connectivity index (χ0v) is 10.3. The topological polar surface area (TPSA) is 43.1 Å². The van der Waals surface area contributed by atoms with Gasteiger partial charge in [0.25, 0.3) is 0 Å². The van der Waals surface area contributed by atoms with Crippen molar-refractivity contribution >= 4 is 21.7 Å². The third-order valence-corrected chi connectivity index (χ3v) is 3.12. The van der Waals surface area contributed by atoms with Gasteiger partial charge in [-0.1, -0.05) is 15.9 Å². The average Bonchev–Trinajstić information content (AvgIpc) is 2.16. The van der Waals surface area contributed by atoms with Gasteiger partial charge in [0.2, 0.25) is 0 Å². The largest absolute Gasteiger partial charge is 0.330 e. The zero-order valence-electron chi connectivity index (χ0n) is 8.73. The van der Waals surface area contributed by atoms with Crippen molar-refractivity contribution in [3.05, 3.63) is 33.0 Å². The van der Waals surface area contributed by atoms with E-state index in [1.807, 2.05) is 0 Å². The summed E-state index contributed by atoms with van der Waals surface area (Å²) in [6.45, 7) is 3.60. The maximum Gasteiger partial charge on any atom is 0.167 e. The Balaban J connectivity index is 3.32. The van der Waals surface area contributed by atoms with Gasteiger partial charge >= 0.3 is 0 Å². The quantitative estimate of drug-likeness (QED) is 0.861. The highest BCUT2D eigenvalue weighted by atomic mass is 79.9. The number of carbonyl (C=O) groups is 1. The second-order valence-corrected chi connectivity index (χ2v) is 4.31. The first-order chi connectivity index (χ1) is 6.99. The van der Waals surface area contributed by atoms with Crippen molar-refractivity contribution in [2.45, 2.75) is 20.3 Å². The highest BCUT2D eigenvalue weighted by Gasteiger charge is 2.18. The zero-order chi connectivity index (χ0) is 11.6. The molecule has 1 aromatic carbocycles. The maximum absolute atomic E-state index is 13.7. The fourth-order valence-electron chi connectivity index (χ4n) is 1.43. The summed E-state index contributed by atoms with van der Waals surface area (Å²) >= 11 is 3.30. The molecule has 0 bridgehead atoms. The molecular formula is C11H13BrFNO. The molecule has 0 aliphatic carbocycles. The summed E-state index contributed by atoms with van der Waals surface area (Å²) in [5.41, 5.74) is 6.55. The molecule has 0 atom stereocenters. The highest BCUT2D eigenvalue weighted by Crippen LogP contribution is 2.26. The molecule has 0 aliphatic rings. The van der Waals surface area contributed by atoms with Gasteiger partial charge in [-0.3, -0.25) is 4.79 Å². The molecule has 82 valence electrons. The van der Waals surface area contributed by atoms with Crippen molar-refractivity contribution in [1.82, 2.24) is 0 Å². The number of carbonyl (C=O) groups excluding carboxylic acids is 1.